The summed E-state index contributed by atoms with van der Waals surface area (Å²) in [5.41, 5.74) is 7.45. The summed E-state index contributed by atoms with van der Waals surface area (Å²) in [7, 11) is 0. The average Bonchev–Trinajstić information content (AvgIpc) is 2.73. The Balaban J connectivity index is 2.32. The summed E-state index contributed by atoms with van der Waals surface area (Å²) in [5.74, 6) is 0.927. The second-order valence-electron chi connectivity index (χ2n) is 5.25. The number of hydrogen-bond acceptors (Lipinski definition) is 4. The highest BCUT2D eigenvalue weighted by Crippen LogP contribution is 2.27. The number of nitrogens with two attached hydrogens (primary N) is 1. The maximum Gasteiger partial charge on any atom is 0.240 e. The van der Waals surface area contributed by atoms with Gasteiger partial charge in [-0.1, -0.05) is 13.0 Å². The van der Waals surface area contributed by atoms with Crippen molar-refractivity contribution in [2.75, 3.05) is 12.3 Å². The molecule has 21 heavy (non-hydrogen) atoms. The van der Waals surface area contributed by atoms with Crippen molar-refractivity contribution in [2.24, 2.45) is 0 Å². The highest BCUT2D eigenvalue weighted by molar-refractivity contribution is 5.86. The number of imidazole rings is 1. The molecular weight excluding hydrogens is 268 g/mol. The predicted octanol–water partition coefficient (Wildman–Crippen LogP) is 1.93. The molecule has 0 aliphatic carbocycles. The van der Waals surface area contributed by atoms with E-state index in [2.05, 4.69) is 10.3 Å². The molecule has 2 rings (SSSR count). The van der Waals surface area contributed by atoms with Gasteiger partial charge < -0.3 is 20.4 Å². The molecule has 0 unspecified atom stereocenters. The molecular formula is C15H22N4O2. The molecule has 0 aliphatic heterocycles. The van der Waals surface area contributed by atoms with Crippen LogP contribution < -0.4 is 15.8 Å². The van der Waals surface area contributed by atoms with Crippen LogP contribution >= 0.6 is 0 Å². The Morgan fingerprint density at radius 2 is 2.24 bits per heavy atom. The number of nitrogen functional groups attached to an aromatic ring is 1. The summed E-state index contributed by atoms with van der Waals surface area (Å²) < 4.78 is 7.37. The van der Waals surface area contributed by atoms with Crippen molar-refractivity contribution in [3.63, 3.8) is 0 Å². The van der Waals surface area contributed by atoms with Gasteiger partial charge in [0.15, 0.2) is 0 Å². The minimum absolute atomic E-state index is 0.0871. The molecule has 0 aliphatic rings. The Morgan fingerprint density at radius 3 is 2.90 bits per heavy atom. The highest BCUT2D eigenvalue weighted by Gasteiger charge is 2.15. The lowest BCUT2D eigenvalue weighted by atomic mass is 10.3. The van der Waals surface area contributed by atoms with E-state index >= 15 is 0 Å². The number of hydrogen-bond donors (Lipinski definition) is 2. The second-order valence-corrected chi connectivity index (χ2v) is 5.25. The van der Waals surface area contributed by atoms with Crippen molar-refractivity contribution >= 4 is 22.9 Å². The number of carbonyl (C=O) groups excluding carboxylic acids is 1. The van der Waals surface area contributed by atoms with Crippen LogP contribution in [0.2, 0.25) is 0 Å². The van der Waals surface area contributed by atoms with Crippen LogP contribution in [0.15, 0.2) is 18.2 Å². The van der Waals surface area contributed by atoms with Gasteiger partial charge in [-0.2, -0.15) is 0 Å². The zero-order valence-corrected chi connectivity index (χ0v) is 12.7. The van der Waals surface area contributed by atoms with Crippen LogP contribution in [-0.2, 0) is 11.3 Å². The maximum absolute atomic E-state index is 11.9. The lowest BCUT2D eigenvalue weighted by molar-refractivity contribution is -0.122. The minimum atomic E-state index is -0.0871. The normalized spacial score (nSPS) is 11.0. The Hall–Kier alpha value is -2.24. The summed E-state index contributed by atoms with van der Waals surface area (Å²) in [5, 5.41) is 2.85. The van der Waals surface area contributed by atoms with E-state index in [1.807, 2.05) is 39.0 Å². The maximum atomic E-state index is 11.9. The van der Waals surface area contributed by atoms with Crippen LogP contribution in [0.25, 0.3) is 11.0 Å². The van der Waals surface area contributed by atoms with E-state index in [0.717, 1.165) is 11.9 Å². The third-order valence-electron chi connectivity index (χ3n) is 2.98. The number of carbonyl (C=O) groups is 1. The standard InChI is InChI=1S/C15H22N4O2/c1-4-8-21-12-7-5-6-11-14(12)18-15(16)19(11)9-13(20)17-10(2)3/h5-7,10H,4,8-9H2,1-3H3,(H2,16,18)(H,17,20). The van der Waals surface area contributed by atoms with Crippen LogP contribution in [0.5, 0.6) is 5.75 Å². The van der Waals surface area contributed by atoms with Gasteiger partial charge in [-0.15, -0.1) is 0 Å². The van der Waals surface area contributed by atoms with Crippen LogP contribution in [0.3, 0.4) is 0 Å². The molecule has 6 heteroatoms. The molecule has 0 saturated heterocycles. The third-order valence-corrected chi connectivity index (χ3v) is 2.98. The highest BCUT2D eigenvalue weighted by atomic mass is 16.5. The Morgan fingerprint density at radius 1 is 1.48 bits per heavy atom. The third kappa shape index (κ3) is 3.45. The fourth-order valence-corrected chi connectivity index (χ4v) is 2.15. The minimum Gasteiger partial charge on any atom is -0.491 e. The zero-order chi connectivity index (χ0) is 15.4. The SMILES string of the molecule is CCCOc1cccc2c1nc(N)n2CC(=O)NC(C)C. The van der Waals surface area contributed by atoms with E-state index in [4.69, 9.17) is 10.5 Å². The molecule has 1 aromatic carbocycles. The van der Waals surface area contributed by atoms with Crippen molar-refractivity contribution in [2.45, 2.75) is 39.8 Å². The molecule has 1 amide bonds. The van der Waals surface area contributed by atoms with Gasteiger partial charge in [-0.25, -0.2) is 4.98 Å². The van der Waals surface area contributed by atoms with E-state index in [9.17, 15) is 4.79 Å². The number of ether oxygens (including phenoxy) is 1. The molecule has 3 N–H and O–H groups in total. The molecule has 0 saturated carbocycles. The summed E-state index contributed by atoms with van der Waals surface area (Å²) in [6.45, 7) is 6.66. The van der Waals surface area contributed by atoms with Crippen molar-refractivity contribution in [1.82, 2.24) is 14.9 Å². The van der Waals surface area contributed by atoms with E-state index in [0.29, 0.717) is 23.8 Å². The number of fused-ring (bicyclic) bond motifs is 1. The van der Waals surface area contributed by atoms with Gasteiger partial charge >= 0.3 is 0 Å². The molecule has 0 atom stereocenters. The van der Waals surface area contributed by atoms with E-state index in [-0.39, 0.29) is 18.5 Å². The molecule has 2 aromatic rings. The number of rotatable bonds is 6. The van der Waals surface area contributed by atoms with Gasteiger partial charge in [-0.3, -0.25) is 4.79 Å². The largest absolute Gasteiger partial charge is 0.491 e. The quantitative estimate of drug-likeness (QED) is 0.851. The van der Waals surface area contributed by atoms with Gasteiger partial charge in [0.25, 0.3) is 0 Å². The molecule has 114 valence electrons. The Labute approximate surface area is 124 Å². The smallest absolute Gasteiger partial charge is 0.240 e. The predicted molar refractivity (Wildman–Crippen MR) is 83.2 cm³/mol. The van der Waals surface area contributed by atoms with Gasteiger partial charge in [-0.05, 0) is 32.4 Å². The number of nitrogens with one attached hydrogen (secondary N) is 1. The lowest BCUT2D eigenvalue weighted by Gasteiger charge is -2.10. The lowest BCUT2D eigenvalue weighted by Crippen LogP contribution is -2.33. The molecule has 1 aromatic heterocycles. The Kier molecular flexibility index (Phi) is 4.67. The topological polar surface area (TPSA) is 82.2 Å². The number of aromatic nitrogens is 2. The van der Waals surface area contributed by atoms with Crippen molar-refractivity contribution < 1.29 is 9.53 Å². The van der Waals surface area contributed by atoms with Gasteiger partial charge in [0.1, 0.15) is 17.8 Å². The monoisotopic (exact) mass is 290 g/mol. The van der Waals surface area contributed by atoms with E-state index in [1.165, 1.54) is 0 Å². The number of nitrogens with zero attached hydrogens (tertiary/aromatic N) is 2. The van der Waals surface area contributed by atoms with Crippen LogP contribution in [0.4, 0.5) is 5.95 Å². The van der Waals surface area contributed by atoms with Gasteiger partial charge in [0, 0.05) is 6.04 Å². The van der Waals surface area contributed by atoms with Gasteiger partial charge in [0.05, 0.1) is 12.1 Å². The summed E-state index contributed by atoms with van der Waals surface area (Å²) >= 11 is 0. The number of para-hydroxylation sites is 1. The van der Waals surface area contributed by atoms with Crippen molar-refractivity contribution in [1.29, 1.82) is 0 Å². The van der Waals surface area contributed by atoms with E-state index < -0.39 is 0 Å². The first-order chi connectivity index (χ1) is 10.0. The zero-order valence-electron chi connectivity index (χ0n) is 12.7. The van der Waals surface area contributed by atoms with Crippen LogP contribution in [0.1, 0.15) is 27.2 Å². The fourth-order valence-electron chi connectivity index (χ4n) is 2.15. The summed E-state index contributed by atoms with van der Waals surface area (Å²) in [6, 6.07) is 5.73. The fraction of sp³-hybridized carbons (Fsp3) is 0.467. The average molecular weight is 290 g/mol. The van der Waals surface area contributed by atoms with Crippen LogP contribution in [0, 0.1) is 0 Å². The van der Waals surface area contributed by atoms with E-state index in [1.54, 1.807) is 4.57 Å². The molecule has 0 fully saturated rings. The number of anilines is 1. The van der Waals surface area contributed by atoms with Crippen molar-refractivity contribution in [3.05, 3.63) is 18.2 Å². The number of benzene rings is 1. The second kappa shape index (κ2) is 6.47. The molecule has 0 spiro atoms. The molecule has 1 heterocycles. The molecule has 6 nitrogen and oxygen atoms in total. The van der Waals surface area contributed by atoms with Gasteiger partial charge in [0.2, 0.25) is 11.9 Å². The molecule has 0 bridgehead atoms. The first-order valence-electron chi connectivity index (χ1n) is 7.19. The molecule has 0 radical (unpaired) electrons. The first-order valence-corrected chi connectivity index (χ1v) is 7.19. The van der Waals surface area contributed by atoms with Crippen LogP contribution in [-0.4, -0.2) is 28.1 Å². The Bertz CT molecular complexity index is 634. The first kappa shape index (κ1) is 15.2. The summed E-state index contributed by atoms with van der Waals surface area (Å²) in [4.78, 5) is 16.3. The van der Waals surface area contributed by atoms with Crippen molar-refractivity contribution in [3.8, 4) is 5.75 Å². The summed E-state index contributed by atoms with van der Waals surface area (Å²) in [6.07, 6.45) is 0.920. The number of amides is 1.